The van der Waals surface area contributed by atoms with Gasteiger partial charge in [-0.1, -0.05) is 12.8 Å². The standard InChI is InChI=1S/C20H37N5O2.HI/c1-24(2)19(26)12-22-20(21-11-17-8-10-27-15-17)23-18-7-9-25(14-18)13-16-5-3-4-6-16;/h16-18H,3-15H2,1-2H3,(H2,21,22,23);1H. The zero-order chi connectivity index (χ0) is 19.1. The summed E-state index contributed by atoms with van der Waals surface area (Å²) < 4.78 is 5.46. The van der Waals surface area contributed by atoms with Gasteiger partial charge >= 0.3 is 0 Å². The number of nitrogens with zero attached hydrogens (tertiary/aromatic N) is 3. The van der Waals surface area contributed by atoms with E-state index in [0.717, 1.165) is 57.6 Å². The molecule has 2 atom stereocenters. The Hall–Kier alpha value is -0.610. The van der Waals surface area contributed by atoms with Crippen LogP contribution in [-0.2, 0) is 9.53 Å². The molecule has 7 nitrogen and oxygen atoms in total. The van der Waals surface area contributed by atoms with Gasteiger partial charge in [-0.15, -0.1) is 24.0 Å². The maximum absolute atomic E-state index is 11.9. The highest BCUT2D eigenvalue weighted by molar-refractivity contribution is 14.0. The number of halogens is 1. The Morgan fingerprint density at radius 1 is 1.18 bits per heavy atom. The van der Waals surface area contributed by atoms with E-state index in [-0.39, 0.29) is 36.4 Å². The van der Waals surface area contributed by atoms with Crippen molar-refractivity contribution >= 4 is 35.8 Å². The Balaban J connectivity index is 0.00000280. The normalized spacial score (nSPS) is 26.3. The lowest BCUT2D eigenvalue weighted by Gasteiger charge is -2.22. The van der Waals surface area contributed by atoms with Crippen LogP contribution in [0.1, 0.15) is 38.5 Å². The summed E-state index contributed by atoms with van der Waals surface area (Å²) in [5.41, 5.74) is 0. The van der Waals surface area contributed by atoms with Gasteiger partial charge in [0.15, 0.2) is 5.96 Å². The van der Waals surface area contributed by atoms with Crippen LogP contribution in [0.5, 0.6) is 0 Å². The summed E-state index contributed by atoms with van der Waals surface area (Å²) in [5.74, 6) is 2.22. The van der Waals surface area contributed by atoms with Crippen molar-refractivity contribution in [2.45, 2.75) is 44.6 Å². The topological polar surface area (TPSA) is 69.2 Å². The van der Waals surface area contributed by atoms with Crippen LogP contribution in [0.3, 0.4) is 0 Å². The number of nitrogens with one attached hydrogen (secondary N) is 2. The van der Waals surface area contributed by atoms with E-state index in [1.807, 2.05) is 0 Å². The molecule has 1 amide bonds. The molecule has 1 saturated carbocycles. The van der Waals surface area contributed by atoms with Crippen LogP contribution in [0.2, 0.25) is 0 Å². The van der Waals surface area contributed by atoms with Crippen molar-refractivity contribution in [3.05, 3.63) is 0 Å². The van der Waals surface area contributed by atoms with Crippen LogP contribution in [0, 0.1) is 11.8 Å². The minimum absolute atomic E-state index is 0. The highest BCUT2D eigenvalue weighted by Crippen LogP contribution is 2.26. The molecule has 2 saturated heterocycles. The number of likely N-dealkylation sites (tertiary alicyclic amines) is 1. The molecule has 3 aliphatic rings. The Morgan fingerprint density at radius 2 is 1.96 bits per heavy atom. The van der Waals surface area contributed by atoms with Crippen LogP contribution in [0.25, 0.3) is 0 Å². The summed E-state index contributed by atoms with van der Waals surface area (Å²) in [6.07, 6.45) is 7.85. The summed E-state index contributed by atoms with van der Waals surface area (Å²) in [4.78, 5) is 20.7. The lowest BCUT2D eigenvalue weighted by molar-refractivity contribution is -0.127. The number of carbonyl (C=O) groups excluding carboxylic acids is 1. The first-order valence-corrected chi connectivity index (χ1v) is 10.6. The Labute approximate surface area is 187 Å². The van der Waals surface area contributed by atoms with E-state index in [9.17, 15) is 4.79 Å². The third kappa shape index (κ3) is 7.67. The molecule has 3 rings (SSSR count). The van der Waals surface area contributed by atoms with E-state index in [1.165, 1.54) is 32.2 Å². The molecule has 0 aromatic rings. The molecule has 0 aromatic heterocycles. The molecular weight excluding hydrogens is 469 g/mol. The van der Waals surface area contributed by atoms with E-state index in [4.69, 9.17) is 4.74 Å². The van der Waals surface area contributed by atoms with E-state index >= 15 is 0 Å². The molecule has 2 heterocycles. The number of hydrogen-bond donors (Lipinski definition) is 2. The van der Waals surface area contributed by atoms with Crippen molar-refractivity contribution in [3.63, 3.8) is 0 Å². The molecule has 0 bridgehead atoms. The predicted octanol–water partition coefficient (Wildman–Crippen LogP) is 1.53. The van der Waals surface area contributed by atoms with Crippen LogP contribution in [0.4, 0.5) is 0 Å². The number of hydrogen-bond acceptors (Lipinski definition) is 4. The molecule has 162 valence electrons. The molecule has 8 heteroatoms. The molecule has 0 radical (unpaired) electrons. The summed E-state index contributed by atoms with van der Waals surface area (Å²) in [6.45, 7) is 6.18. The quantitative estimate of drug-likeness (QED) is 0.311. The number of rotatable bonds is 7. The highest BCUT2D eigenvalue weighted by Gasteiger charge is 2.27. The molecule has 2 N–H and O–H groups in total. The van der Waals surface area contributed by atoms with E-state index in [2.05, 4.69) is 20.5 Å². The van der Waals surface area contributed by atoms with Crippen LogP contribution >= 0.6 is 24.0 Å². The van der Waals surface area contributed by atoms with Crippen molar-refractivity contribution in [3.8, 4) is 0 Å². The summed E-state index contributed by atoms with van der Waals surface area (Å²) >= 11 is 0. The van der Waals surface area contributed by atoms with Gasteiger partial charge in [0.25, 0.3) is 0 Å². The van der Waals surface area contributed by atoms with Gasteiger partial charge in [-0.05, 0) is 31.6 Å². The van der Waals surface area contributed by atoms with Crippen molar-refractivity contribution in [1.29, 1.82) is 0 Å². The van der Waals surface area contributed by atoms with Crippen molar-refractivity contribution in [1.82, 2.24) is 20.4 Å². The minimum atomic E-state index is 0. The van der Waals surface area contributed by atoms with E-state index in [0.29, 0.717) is 12.0 Å². The molecule has 2 aliphatic heterocycles. The average Bonchev–Trinajstić information content (AvgIpc) is 3.40. The summed E-state index contributed by atoms with van der Waals surface area (Å²) in [5, 5.41) is 7.02. The summed E-state index contributed by atoms with van der Waals surface area (Å²) in [7, 11) is 3.54. The van der Waals surface area contributed by atoms with Gasteiger partial charge in [-0.2, -0.15) is 0 Å². The summed E-state index contributed by atoms with van der Waals surface area (Å²) in [6, 6.07) is 0.409. The number of guanidine groups is 1. The molecule has 3 fully saturated rings. The zero-order valence-electron chi connectivity index (χ0n) is 17.5. The van der Waals surface area contributed by atoms with Crippen molar-refractivity contribution < 1.29 is 9.53 Å². The maximum Gasteiger partial charge on any atom is 0.243 e. The lowest BCUT2D eigenvalue weighted by Crippen LogP contribution is -2.46. The van der Waals surface area contributed by atoms with E-state index < -0.39 is 0 Å². The molecule has 28 heavy (non-hydrogen) atoms. The van der Waals surface area contributed by atoms with Gasteiger partial charge in [0, 0.05) is 58.8 Å². The first-order valence-electron chi connectivity index (χ1n) is 10.6. The number of likely N-dealkylation sites (N-methyl/N-ethyl adjacent to an activating group) is 1. The van der Waals surface area contributed by atoms with Gasteiger partial charge in [-0.25, -0.2) is 4.99 Å². The molecule has 1 aliphatic carbocycles. The smallest absolute Gasteiger partial charge is 0.243 e. The van der Waals surface area contributed by atoms with Crippen molar-refractivity contribution in [2.75, 3.05) is 60.0 Å². The number of carbonyl (C=O) groups is 1. The Morgan fingerprint density at radius 3 is 2.64 bits per heavy atom. The number of amides is 1. The fraction of sp³-hybridized carbons (Fsp3) is 0.900. The number of ether oxygens (including phenoxy) is 1. The predicted molar refractivity (Wildman–Crippen MR) is 123 cm³/mol. The minimum Gasteiger partial charge on any atom is -0.381 e. The Bertz CT molecular complexity index is 505. The number of aliphatic imine (C=N–C) groups is 1. The third-order valence-corrected chi connectivity index (χ3v) is 6.06. The monoisotopic (exact) mass is 507 g/mol. The van der Waals surface area contributed by atoms with Crippen LogP contribution < -0.4 is 10.6 Å². The third-order valence-electron chi connectivity index (χ3n) is 6.06. The maximum atomic E-state index is 11.9. The highest BCUT2D eigenvalue weighted by atomic mass is 127. The molecule has 2 unspecified atom stereocenters. The lowest BCUT2D eigenvalue weighted by atomic mass is 10.1. The second-order valence-electron chi connectivity index (χ2n) is 8.60. The van der Waals surface area contributed by atoms with Crippen molar-refractivity contribution in [2.24, 2.45) is 16.8 Å². The first-order chi connectivity index (χ1) is 13.1. The molecule has 0 aromatic carbocycles. The average molecular weight is 507 g/mol. The van der Waals surface area contributed by atoms with E-state index in [1.54, 1.807) is 19.0 Å². The molecule has 0 spiro atoms. The fourth-order valence-electron chi connectivity index (χ4n) is 4.29. The first kappa shape index (κ1) is 23.7. The Kier molecular flexibility index (Phi) is 10.3. The second kappa shape index (κ2) is 12.2. The van der Waals surface area contributed by atoms with Gasteiger partial charge in [-0.3, -0.25) is 4.79 Å². The second-order valence-corrected chi connectivity index (χ2v) is 8.60. The van der Waals surface area contributed by atoms with Gasteiger partial charge < -0.3 is 25.2 Å². The SMILES string of the molecule is CN(C)C(=O)CN=C(NCC1CCOC1)NC1CCN(CC2CCCC2)C1.I. The van der Waals surface area contributed by atoms with Gasteiger partial charge in [0.1, 0.15) is 6.54 Å². The van der Waals surface area contributed by atoms with Gasteiger partial charge in [0.05, 0.1) is 6.61 Å². The fourth-order valence-corrected chi connectivity index (χ4v) is 4.29. The van der Waals surface area contributed by atoms with Crippen LogP contribution in [-0.4, -0.2) is 87.7 Å². The van der Waals surface area contributed by atoms with Crippen LogP contribution in [0.15, 0.2) is 4.99 Å². The van der Waals surface area contributed by atoms with Gasteiger partial charge in [0.2, 0.25) is 5.91 Å². The zero-order valence-corrected chi connectivity index (χ0v) is 19.8. The largest absolute Gasteiger partial charge is 0.381 e. The molecular formula is C20H38IN5O2.